The largest absolute Gasteiger partial charge is 0.481 e. The van der Waals surface area contributed by atoms with Gasteiger partial charge < -0.3 is 15.3 Å². The number of rotatable bonds is 3. The van der Waals surface area contributed by atoms with Gasteiger partial charge in [0.05, 0.1) is 5.41 Å². The van der Waals surface area contributed by atoms with Crippen LogP contribution in [0.4, 0.5) is 4.79 Å². The fourth-order valence-corrected chi connectivity index (χ4v) is 3.70. The van der Waals surface area contributed by atoms with Crippen LogP contribution in [0.15, 0.2) is 0 Å². The zero-order valence-electron chi connectivity index (χ0n) is 13.4. The number of aliphatic carboxylic acids is 1. The van der Waals surface area contributed by atoms with E-state index in [1.165, 1.54) is 19.3 Å². The van der Waals surface area contributed by atoms with Gasteiger partial charge in [0.15, 0.2) is 0 Å². The Balaban J connectivity index is 1.94. The number of amides is 2. The highest BCUT2D eigenvalue weighted by molar-refractivity contribution is 5.79. The molecule has 21 heavy (non-hydrogen) atoms. The van der Waals surface area contributed by atoms with Crippen molar-refractivity contribution in [3.63, 3.8) is 0 Å². The summed E-state index contributed by atoms with van der Waals surface area (Å²) in [4.78, 5) is 25.3. The highest BCUT2D eigenvalue weighted by Gasteiger charge is 2.42. The molecular formula is C16H28N2O3. The molecular weight excluding hydrogens is 268 g/mol. The molecule has 0 aromatic rings. The number of carboxylic acid groups (broad SMARTS) is 1. The number of nitrogens with one attached hydrogen (secondary N) is 1. The molecule has 3 atom stereocenters. The number of likely N-dealkylation sites (tertiary alicyclic amines) is 1. The van der Waals surface area contributed by atoms with Gasteiger partial charge in [-0.1, -0.05) is 26.7 Å². The summed E-state index contributed by atoms with van der Waals surface area (Å²) in [6, 6.07) is 0.153. The predicted octanol–water partition coefficient (Wildman–Crippen LogP) is 2.71. The van der Waals surface area contributed by atoms with Crippen molar-refractivity contribution in [2.45, 2.75) is 58.9 Å². The molecule has 3 unspecified atom stereocenters. The molecule has 1 aliphatic carbocycles. The fraction of sp³-hybridized carbons (Fsp3) is 0.875. The summed E-state index contributed by atoms with van der Waals surface area (Å²) in [7, 11) is 0. The molecule has 1 aliphatic heterocycles. The minimum atomic E-state index is -0.810. The molecule has 5 heteroatoms. The van der Waals surface area contributed by atoms with Crippen LogP contribution in [0.5, 0.6) is 0 Å². The minimum absolute atomic E-state index is 0.0856. The van der Waals surface area contributed by atoms with Crippen molar-refractivity contribution in [1.82, 2.24) is 10.2 Å². The molecule has 1 heterocycles. The average Bonchev–Trinajstić information content (AvgIpc) is 2.83. The monoisotopic (exact) mass is 296 g/mol. The van der Waals surface area contributed by atoms with Gasteiger partial charge >= 0.3 is 12.0 Å². The summed E-state index contributed by atoms with van der Waals surface area (Å²) in [6.07, 6.45) is 5.17. The van der Waals surface area contributed by atoms with Gasteiger partial charge in [-0.15, -0.1) is 0 Å². The van der Waals surface area contributed by atoms with Crippen LogP contribution in [0.3, 0.4) is 0 Å². The zero-order chi connectivity index (χ0) is 15.6. The lowest BCUT2D eigenvalue weighted by Crippen LogP contribution is -2.49. The van der Waals surface area contributed by atoms with E-state index in [4.69, 9.17) is 0 Å². The number of hydrogen-bond donors (Lipinski definition) is 2. The molecule has 2 N–H and O–H groups in total. The highest BCUT2D eigenvalue weighted by Crippen LogP contribution is 2.32. The maximum absolute atomic E-state index is 12.4. The Morgan fingerprint density at radius 1 is 1.29 bits per heavy atom. The molecule has 0 bridgehead atoms. The Labute approximate surface area is 127 Å². The summed E-state index contributed by atoms with van der Waals surface area (Å²) in [5.74, 6) is 0.296. The summed E-state index contributed by atoms with van der Waals surface area (Å²) in [5.41, 5.74) is -0.790. The number of carbonyl (C=O) groups excluding carboxylic acids is 1. The smallest absolute Gasteiger partial charge is 0.317 e. The average molecular weight is 296 g/mol. The Morgan fingerprint density at radius 2 is 1.95 bits per heavy atom. The summed E-state index contributed by atoms with van der Waals surface area (Å²) in [5, 5.41) is 12.4. The number of urea groups is 1. The summed E-state index contributed by atoms with van der Waals surface area (Å²) >= 11 is 0. The maximum Gasteiger partial charge on any atom is 0.317 e. The second-order valence-electron chi connectivity index (χ2n) is 7.29. The van der Waals surface area contributed by atoms with E-state index in [1.807, 2.05) is 0 Å². The van der Waals surface area contributed by atoms with Gasteiger partial charge in [-0.3, -0.25) is 4.79 Å². The first kappa shape index (κ1) is 16.1. The Hall–Kier alpha value is -1.26. The van der Waals surface area contributed by atoms with Crippen molar-refractivity contribution in [2.75, 3.05) is 13.1 Å². The second kappa shape index (κ2) is 6.24. The van der Waals surface area contributed by atoms with Crippen LogP contribution in [0, 0.1) is 17.3 Å². The first-order valence-electron chi connectivity index (χ1n) is 8.12. The summed E-state index contributed by atoms with van der Waals surface area (Å²) < 4.78 is 0. The molecule has 5 nitrogen and oxygen atoms in total. The second-order valence-corrected chi connectivity index (χ2v) is 7.29. The van der Waals surface area contributed by atoms with Crippen molar-refractivity contribution in [3.05, 3.63) is 0 Å². The van der Waals surface area contributed by atoms with E-state index in [0.29, 0.717) is 31.3 Å². The molecule has 120 valence electrons. The van der Waals surface area contributed by atoms with Gasteiger partial charge in [-0.05, 0) is 38.0 Å². The van der Waals surface area contributed by atoms with Crippen LogP contribution >= 0.6 is 0 Å². The van der Waals surface area contributed by atoms with E-state index in [-0.39, 0.29) is 12.1 Å². The lowest BCUT2D eigenvalue weighted by molar-refractivity contribution is -0.147. The quantitative estimate of drug-likeness (QED) is 0.841. The SMILES string of the molecule is CC(C)C1CCCCC1NC(=O)N1CCC(C)(C(=O)O)C1. The maximum atomic E-state index is 12.4. The standard InChI is InChI=1S/C16H28N2O3/c1-11(2)12-6-4-5-7-13(12)17-15(21)18-9-8-16(3,10-18)14(19)20/h11-13H,4-10H2,1-3H3,(H,17,21)(H,19,20). The third kappa shape index (κ3) is 3.50. The van der Waals surface area contributed by atoms with Crippen LogP contribution in [-0.4, -0.2) is 41.1 Å². The van der Waals surface area contributed by atoms with E-state index in [9.17, 15) is 14.7 Å². The van der Waals surface area contributed by atoms with Crippen molar-refractivity contribution in [3.8, 4) is 0 Å². The van der Waals surface area contributed by atoms with E-state index < -0.39 is 11.4 Å². The lowest BCUT2D eigenvalue weighted by Gasteiger charge is -2.36. The topological polar surface area (TPSA) is 69.6 Å². The van der Waals surface area contributed by atoms with E-state index >= 15 is 0 Å². The normalized spacial score (nSPS) is 33.2. The molecule has 0 aromatic heterocycles. The zero-order valence-corrected chi connectivity index (χ0v) is 13.4. The Morgan fingerprint density at radius 3 is 2.52 bits per heavy atom. The van der Waals surface area contributed by atoms with Crippen LogP contribution in [0.25, 0.3) is 0 Å². The van der Waals surface area contributed by atoms with Crippen molar-refractivity contribution >= 4 is 12.0 Å². The molecule has 1 saturated carbocycles. The van der Waals surface area contributed by atoms with Gasteiger partial charge in [-0.25, -0.2) is 4.79 Å². The van der Waals surface area contributed by atoms with Gasteiger partial charge in [0.25, 0.3) is 0 Å². The van der Waals surface area contributed by atoms with Crippen molar-refractivity contribution < 1.29 is 14.7 Å². The third-order valence-corrected chi connectivity index (χ3v) is 5.26. The third-order valence-electron chi connectivity index (χ3n) is 5.26. The van der Waals surface area contributed by atoms with Gasteiger partial charge in [0.2, 0.25) is 0 Å². The molecule has 0 spiro atoms. The van der Waals surface area contributed by atoms with Crippen molar-refractivity contribution in [1.29, 1.82) is 0 Å². The number of carboxylic acids is 1. The minimum Gasteiger partial charge on any atom is -0.481 e. The van der Waals surface area contributed by atoms with Gasteiger partial charge in [0, 0.05) is 19.1 Å². The number of nitrogens with zero attached hydrogens (tertiary/aromatic N) is 1. The van der Waals surface area contributed by atoms with Crippen LogP contribution in [0.2, 0.25) is 0 Å². The molecule has 2 amide bonds. The fourth-order valence-electron chi connectivity index (χ4n) is 3.70. The Bertz CT molecular complexity index is 410. The van der Waals surface area contributed by atoms with E-state index in [0.717, 1.165) is 6.42 Å². The highest BCUT2D eigenvalue weighted by atomic mass is 16.4. The number of hydrogen-bond acceptors (Lipinski definition) is 2. The first-order chi connectivity index (χ1) is 9.83. The first-order valence-corrected chi connectivity index (χ1v) is 8.12. The van der Waals surface area contributed by atoms with Gasteiger partial charge in [-0.2, -0.15) is 0 Å². The van der Waals surface area contributed by atoms with Crippen molar-refractivity contribution in [2.24, 2.45) is 17.3 Å². The number of carbonyl (C=O) groups is 2. The molecule has 2 aliphatic rings. The van der Waals surface area contributed by atoms with Crippen LogP contribution in [-0.2, 0) is 4.79 Å². The molecule has 2 fully saturated rings. The van der Waals surface area contributed by atoms with E-state index in [1.54, 1.807) is 11.8 Å². The van der Waals surface area contributed by atoms with Gasteiger partial charge in [0.1, 0.15) is 0 Å². The molecule has 1 saturated heterocycles. The van der Waals surface area contributed by atoms with Crippen LogP contribution < -0.4 is 5.32 Å². The predicted molar refractivity (Wildman–Crippen MR) is 81.0 cm³/mol. The molecule has 0 radical (unpaired) electrons. The lowest BCUT2D eigenvalue weighted by atomic mass is 9.78. The summed E-state index contributed by atoms with van der Waals surface area (Å²) in [6.45, 7) is 7.00. The molecule has 2 rings (SSSR count). The van der Waals surface area contributed by atoms with E-state index in [2.05, 4.69) is 19.2 Å². The molecule has 0 aromatic carbocycles. The van der Waals surface area contributed by atoms with Crippen LogP contribution in [0.1, 0.15) is 52.9 Å². The Kier molecular flexibility index (Phi) is 4.79.